The molecule has 4 rings (SSSR count). The summed E-state index contributed by atoms with van der Waals surface area (Å²) in [5.41, 5.74) is 2.66. The molecule has 0 N–H and O–H groups in total. The van der Waals surface area contributed by atoms with Gasteiger partial charge in [-0.1, -0.05) is 30.3 Å². The summed E-state index contributed by atoms with van der Waals surface area (Å²) >= 11 is 1.83. The van der Waals surface area contributed by atoms with Gasteiger partial charge in [0.1, 0.15) is 5.76 Å². The van der Waals surface area contributed by atoms with Crippen LogP contribution in [0.15, 0.2) is 58.3 Å². The Labute approximate surface area is 150 Å². The van der Waals surface area contributed by atoms with E-state index in [1.165, 1.54) is 23.1 Å². The fraction of sp³-hybridized carbons (Fsp3) is 0.250. The maximum absolute atomic E-state index is 11.6. The Morgan fingerprint density at radius 2 is 2.08 bits per heavy atom. The van der Waals surface area contributed by atoms with Gasteiger partial charge >= 0.3 is 5.97 Å². The van der Waals surface area contributed by atoms with E-state index in [4.69, 9.17) is 9.15 Å². The standard InChI is InChI=1S/C20H19NO3S/c1-23-20(22)17-8-7-15(24-17)13-21-11-9-18-16(10-12-25-18)19(21)14-5-3-2-4-6-14/h2-8,10,12,19H,9,11,13H2,1H3/t19-/m1/s1. The van der Waals surface area contributed by atoms with Crippen LogP contribution in [0.4, 0.5) is 0 Å². The molecule has 128 valence electrons. The van der Waals surface area contributed by atoms with Crippen molar-refractivity contribution in [3.8, 4) is 0 Å². The minimum absolute atomic E-state index is 0.211. The number of carbonyl (C=O) groups excluding carboxylic acids is 1. The Kier molecular flexibility index (Phi) is 4.42. The van der Waals surface area contributed by atoms with Gasteiger partial charge in [-0.05, 0) is 41.1 Å². The van der Waals surface area contributed by atoms with Crippen LogP contribution in [0.3, 0.4) is 0 Å². The monoisotopic (exact) mass is 353 g/mol. The fourth-order valence-corrected chi connectivity index (χ4v) is 4.34. The van der Waals surface area contributed by atoms with E-state index in [0.717, 1.165) is 18.7 Å². The average molecular weight is 353 g/mol. The van der Waals surface area contributed by atoms with Crippen molar-refractivity contribution in [1.82, 2.24) is 4.90 Å². The number of rotatable bonds is 4. The second-order valence-corrected chi connectivity index (χ2v) is 7.09. The van der Waals surface area contributed by atoms with Crippen molar-refractivity contribution in [2.24, 2.45) is 0 Å². The number of furan rings is 1. The quantitative estimate of drug-likeness (QED) is 0.657. The summed E-state index contributed by atoms with van der Waals surface area (Å²) < 4.78 is 10.4. The molecule has 0 unspecified atom stereocenters. The Morgan fingerprint density at radius 3 is 2.88 bits per heavy atom. The van der Waals surface area contributed by atoms with Gasteiger partial charge in [-0.15, -0.1) is 11.3 Å². The van der Waals surface area contributed by atoms with Gasteiger partial charge in [0.05, 0.1) is 19.7 Å². The molecule has 4 nitrogen and oxygen atoms in total. The van der Waals surface area contributed by atoms with Gasteiger partial charge in [-0.3, -0.25) is 4.90 Å². The number of nitrogens with zero attached hydrogens (tertiary/aromatic N) is 1. The lowest BCUT2D eigenvalue weighted by atomic mass is 9.93. The van der Waals surface area contributed by atoms with Crippen LogP contribution in [-0.2, 0) is 17.7 Å². The summed E-state index contributed by atoms with van der Waals surface area (Å²) in [4.78, 5) is 15.5. The maximum Gasteiger partial charge on any atom is 0.373 e. The largest absolute Gasteiger partial charge is 0.463 e. The van der Waals surface area contributed by atoms with Crippen LogP contribution < -0.4 is 0 Å². The van der Waals surface area contributed by atoms with E-state index in [1.807, 2.05) is 23.5 Å². The van der Waals surface area contributed by atoms with Crippen LogP contribution in [-0.4, -0.2) is 24.5 Å². The van der Waals surface area contributed by atoms with Crippen molar-refractivity contribution in [3.05, 3.63) is 81.4 Å². The van der Waals surface area contributed by atoms with Crippen LogP contribution in [0, 0.1) is 0 Å². The van der Waals surface area contributed by atoms with Gasteiger partial charge in [0.25, 0.3) is 0 Å². The molecule has 1 aliphatic rings. The molecule has 1 aliphatic heterocycles. The number of hydrogen-bond acceptors (Lipinski definition) is 5. The number of fused-ring (bicyclic) bond motifs is 1. The number of carbonyl (C=O) groups is 1. The van der Waals surface area contributed by atoms with E-state index >= 15 is 0 Å². The highest BCUT2D eigenvalue weighted by atomic mass is 32.1. The third kappa shape index (κ3) is 3.13. The number of benzene rings is 1. The summed E-state index contributed by atoms with van der Waals surface area (Å²) in [6.45, 7) is 1.62. The van der Waals surface area contributed by atoms with Gasteiger partial charge in [-0.2, -0.15) is 0 Å². The maximum atomic E-state index is 11.6. The Balaban J connectivity index is 1.64. The highest BCUT2D eigenvalue weighted by Gasteiger charge is 2.30. The molecule has 0 aliphatic carbocycles. The van der Waals surface area contributed by atoms with Crippen LogP contribution >= 0.6 is 11.3 Å². The highest BCUT2D eigenvalue weighted by molar-refractivity contribution is 7.10. The van der Waals surface area contributed by atoms with E-state index in [9.17, 15) is 4.79 Å². The summed E-state index contributed by atoms with van der Waals surface area (Å²) in [6, 6.07) is 16.5. The van der Waals surface area contributed by atoms with Crippen LogP contribution in [0.1, 0.15) is 38.4 Å². The molecule has 3 aromatic rings. The zero-order chi connectivity index (χ0) is 17.2. The normalized spacial score (nSPS) is 17.2. The molecule has 0 radical (unpaired) electrons. The van der Waals surface area contributed by atoms with Crippen LogP contribution in [0.25, 0.3) is 0 Å². The lowest BCUT2D eigenvalue weighted by molar-refractivity contribution is 0.0560. The zero-order valence-corrected chi connectivity index (χ0v) is 14.8. The van der Waals surface area contributed by atoms with E-state index in [2.05, 4.69) is 40.6 Å². The van der Waals surface area contributed by atoms with E-state index in [-0.39, 0.29) is 11.8 Å². The van der Waals surface area contributed by atoms with Gasteiger partial charge in [0, 0.05) is 11.4 Å². The van der Waals surface area contributed by atoms with Crippen molar-refractivity contribution in [2.75, 3.05) is 13.7 Å². The molecule has 1 atom stereocenters. The van der Waals surface area contributed by atoms with Crippen molar-refractivity contribution in [1.29, 1.82) is 0 Å². The zero-order valence-electron chi connectivity index (χ0n) is 14.0. The predicted molar refractivity (Wildman–Crippen MR) is 96.8 cm³/mol. The summed E-state index contributed by atoms with van der Waals surface area (Å²) in [6.07, 6.45) is 1.04. The third-order valence-electron chi connectivity index (χ3n) is 4.59. The van der Waals surface area contributed by atoms with Crippen molar-refractivity contribution in [3.63, 3.8) is 0 Å². The number of thiophene rings is 1. The first-order chi connectivity index (χ1) is 12.3. The average Bonchev–Trinajstić information content (AvgIpc) is 3.31. The fourth-order valence-electron chi connectivity index (χ4n) is 3.44. The topological polar surface area (TPSA) is 42.7 Å². The van der Waals surface area contributed by atoms with Crippen LogP contribution in [0.2, 0.25) is 0 Å². The predicted octanol–water partition coefficient (Wildman–Crippen LogP) is 4.28. The molecule has 0 bridgehead atoms. The second-order valence-electron chi connectivity index (χ2n) is 6.09. The first kappa shape index (κ1) is 16.1. The van der Waals surface area contributed by atoms with Gasteiger partial charge < -0.3 is 9.15 Å². The van der Waals surface area contributed by atoms with E-state index < -0.39 is 5.97 Å². The molecule has 0 fully saturated rings. The lowest BCUT2D eigenvalue weighted by Crippen LogP contribution is -2.34. The summed E-state index contributed by atoms with van der Waals surface area (Å²) in [5, 5.41) is 2.17. The lowest BCUT2D eigenvalue weighted by Gasteiger charge is -2.35. The van der Waals surface area contributed by atoms with Gasteiger partial charge in [0.15, 0.2) is 0 Å². The highest BCUT2D eigenvalue weighted by Crippen LogP contribution is 2.38. The molecule has 1 aromatic carbocycles. The summed E-state index contributed by atoms with van der Waals surface area (Å²) in [7, 11) is 1.36. The smallest absolute Gasteiger partial charge is 0.373 e. The molecule has 3 heterocycles. The molecular formula is C20H19NO3S. The van der Waals surface area contributed by atoms with Gasteiger partial charge in [0.2, 0.25) is 5.76 Å². The minimum Gasteiger partial charge on any atom is -0.463 e. The van der Waals surface area contributed by atoms with Crippen molar-refractivity contribution < 1.29 is 13.9 Å². The Morgan fingerprint density at radius 1 is 1.24 bits per heavy atom. The molecule has 0 saturated heterocycles. The van der Waals surface area contributed by atoms with Crippen LogP contribution in [0.5, 0.6) is 0 Å². The number of hydrogen-bond donors (Lipinski definition) is 0. The number of methoxy groups -OCH3 is 1. The molecule has 0 saturated carbocycles. The summed E-state index contributed by atoms with van der Waals surface area (Å²) in [5.74, 6) is 0.589. The molecule has 5 heteroatoms. The first-order valence-corrected chi connectivity index (χ1v) is 9.16. The molecule has 0 spiro atoms. The SMILES string of the molecule is COC(=O)c1ccc(CN2CCc3sccc3[C@H]2c2ccccc2)o1. The molecule has 25 heavy (non-hydrogen) atoms. The third-order valence-corrected chi connectivity index (χ3v) is 5.58. The second kappa shape index (κ2) is 6.86. The Bertz CT molecular complexity index is 868. The van der Waals surface area contributed by atoms with Crippen molar-refractivity contribution in [2.45, 2.75) is 19.0 Å². The van der Waals surface area contributed by atoms with E-state index in [0.29, 0.717) is 6.54 Å². The molecule has 2 aromatic heterocycles. The molecular weight excluding hydrogens is 334 g/mol. The van der Waals surface area contributed by atoms with Crippen molar-refractivity contribution >= 4 is 17.3 Å². The van der Waals surface area contributed by atoms with Gasteiger partial charge in [-0.25, -0.2) is 4.79 Å². The first-order valence-electron chi connectivity index (χ1n) is 8.28. The number of ether oxygens (including phenoxy) is 1. The van der Waals surface area contributed by atoms with E-state index in [1.54, 1.807) is 6.07 Å². The Hall–Kier alpha value is -2.37. The number of esters is 1. The molecule has 0 amide bonds. The minimum atomic E-state index is -0.440.